The van der Waals surface area contributed by atoms with E-state index < -0.39 is 6.04 Å². The van der Waals surface area contributed by atoms with Crippen LogP contribution in [0.25, 0.3) is 10.8 Å². The summed E-state index contributed by atoms with van der Waals surface area (Å²) in [5.74, 6) is -0.330. The summed E-state index contributed by atoms with van der Waals surface area (Å²) in [7, 11) is 1.87. The first kappa shape index (κ1) is 17.8. The van der Waals surface area contributed by atoms with Gasteiger partial charge in [0.05, 0.1) is 6.54 Å². The first-order valence-corrected chi connectivity index (χ1v) is 8.28. The fourth-order valence-corrected chi connectivity index (χ4v) is 2.47. The highest BCUT2D eigenvalue weighted by atomic mass is 16.2. The number of carbonyl (C=O) groups is 2. The summed E-state index contributed by atoms with van der Waals surface area (Å²) in [5.41, 5.74) is 0.965. The average Bonchev–Trinajstić information content (AvgIpc) is 2.58. The molecule has 2 aromatic carbocycles. The van der Waals surface area contributed by atoms with Crippen LogP contribution in [0.1, 0.15) is 20.3 Å². The number of nitrogens with one attached hydrogen (secondary N) is 2. The Balaban J connectivity index is 1.93. The summed E-state index contributed by atoms with van der Waals surface area (Å²) in [6, 6.07) is 13.7. The summed E-state index contributed by atoms with van der Waals surface area (Å²) in [4.78, 5) is 25.8. The molecule has 0 unspecified atom stereocenters. The van der Waals surface area contributed by atoms with E-state index in [4.69, 9.17) is 0 Å². The molecule has 5 heteroatoms. The Kier molecular flexibility index (Phi) is 6.18. The van der Waals surface area contributed by atoms with Gasteiger partial charge in [0.1, 0.15) is 6.04 Å². The second-order valence-corrected chi connectivity index (χ2v) is 5.97. The highest BCUT2D eigenvalue weighted by Crippen LogP contribution is 2.21. The van der Waals surface area contributed by atoms with Gasteiger partial charge in [0.15, 0.2) is 0 Å². The molecule has 128 valence electrons. The van der Waals surface area contributed by atoms with E-state index in [1.807, 2.05) is 49.2 Å². The van der Waals surface area contributed by atoms with Gasteiger partial charge in [-0.05, 0) is 36.2 Å². The lowest BCUT2D eigenvalue weighted by Crippen LogP contribution is -2.47. The van der Waals surface area contributed by atoms with Crippen LogP contribution in [0.2, 0.25) is 0 Å². The molecule has 0 heterocycles. The molecule has 24 heavy (non-hydrogen) atoms. The number of hydrogen-bond donors (Lipinski definition) is 2. The van der Waals surface area contributed by atoms with Gasteiger partial charge >= 0.3 is 0 Å². The lowest BCUT2D eigenvalue weighted by molar-refractivity contribution is -0.127. The largest absolute Gasteiger partial charge is 0.365 e. The maximum absolute atomic E-state index is 12.1. The number of likely N-dealkylation sites (N-methyl/N-ethyl adjacent to an activating group) is 1. The standard InChI is InChI=1S/C19H25N3O2/c1-4-11-20-19(24)14(2)21-18(23)13-22(3)17-10-9-15-7-5-6-8-16(15)12-17/h5-10,12,14H,4,11,13H2,1-3H3,(H,20,24)(H,21,23)/t14-/m1/s1. The quantitative estimate of drug-likeness (QED) is 0.820. The van der Waals surface area contributed by atoms with E-state index in [9.17, 15) is 9.59 Å². The van der Waals surface area contributed by atoms with Crippen molar-refractivity contribution in [1.29, 1.82) is 0 Å². The van der Waals surface area contributed by atoms with Crippen LogP contribution < -0.4 is 15.5 Å². The Morgan fingerprint density at radius 1 is 1.12 bits per heavy atom. The van der Waals surface area contributed by atoms with Gasteiger partial charge in [-0.15, -0.1) is 0 Å². The second-order valence-electron chi connectivity index (χ2n) is 5.97. The van der Waals surface area contributed by atoms with Gasteiger partial charge in [-0.1, -0.05) is 37.3 Å². The van der Waals surface area contributed by atoms with Gasteiger partial charge in [0.2, 0.25) is 11.8 Å². The lowest BCUT2D eigenvalue weighted by atomic mass is 10.1. The smallest absolute Gasteiger partial charge is 0.242 e. The zero-order chi connectivity index (χ0) is 17.5. The highest BCUT2D eigenvalue weighted by molar-refractivity contribution is 5.90. The summed E-state index contributed by atoms with van der Waals surface area (Å²) in [5, 5.41) is 7.81. The van der Waals surface area contributed by atoms with E-state index in [2.05, 4.69) is 22.8 Å². The third-order valence-electron chi connectivity index (χ3n) is 3.87. The molecule has 1 atom stereocenters. The minimum absolute atomic E-state index is 0.154. The van der Waals surface area contributed by atoms with E-state index in [0.29, 0.717) is 6.54 Å². The zero-order valence-electron chi connectivity index (χ0n) is 14.5. The molecule has 0 aliphatic rings. The third kappa shape index (κ3) is 4.72. The van der Waals surface area contributed by atoms with Crippen LogP contribution in [-0.2, 0) is 9.59 Å². The van der Waals surface area contributed by atoms with Gasteiger partial charge in [-0.3, -0.25) is 9.59 Å². The number of amides is 2. The highest BCUT2D eigenvalue weighted by Gasteiger charge is 2.16. The van der Waals surface area contributed by atoms with Gasteiger partial charge in [-0.2, -0.15) is 0 Å². The molecule has 0 aliphatic carbocycles. The molecule has 0 spiro atoms. The van der Waals surface area contributed by atoms with Crippen LogP contribution in [0.4, 0.5) is 5.69 Å². The van der Waals surface area contributed by atoms with E-state index in [1.54, 1.807) is 6.92 Å². The number of carbonyl (C=O) groups excluding carboxylic acids is 2. The van der Waals surface area contributed by atoms with Gasteiger partial charge < -0.3 is 15.5 Å². The summed E-state index contributed by atoms with van der Waals surface area (Å²) in [6.45, 7) is 4.50. The first-order chi connectivity index (χ1) is 11.5. The number of nitrogens with zero attached hydrogens (tertiary/aromatic N) is 1. The lowest BCUT2D eigenvalue weighted by Gasteiger charge is -2.21. The van der Waals surface area contributed by atoms with Crippen LogP contribution in [0.15, 0.2) is 42.5 Å². The summed E-state index contributed by atoms with van der Waals surface area (Å²) >= 11 is 0. The Labute approximate surface area is 143 Å². The van der Waals surface area contributed by atoms with E-state index in [0.717, 1.165) is 17.5 Å². The van der Waals surface area contributed by atoms with Crippen molar-refractivity contribution in [1.82, 2.24) is 10.6 Å². The van der Waals surface area contributed by atoms with Crippen molar-refractivity contribution in [2.45, 2.75) is 26.3 Å². The Morgan fingerprint density at radius 3 is 2.54 bits per heavy atom. The Morgan fingerprint density at radius 2 is 1.83 bits per heavy atom. The minimum Gasteiger partial charge on any atom is -0.365 e. The van der Waals surface area contributed by atoms with Crippen LogP contribution in [-0.4, -0.2) is 38.0 Å². The fourth-order valence-electron chi connectivity index (χ4n) is 2.47. The number of benzene rings is 2. The molecule has 0 radical (unpaired) electrons. The van der Waals surface area contributed by atoms with E-state index in [1.165, 1.54) is 5.39 Å². The molecule has 2 aromatic rings. The molecule has 2 amide bonds. The maximum Gasteiger partial charge on any atom is 0.242 e. The van der Waals surface area contributed by atoms with Crippen molar-refractivity contribution in [2.24, 2.45) is 0 Å². The normalized spacial score (nSPS) is 11.8. The molecule has 0 aliphatic heterocycles. The van der Waals surface area contributed by atoms with Crippen LogP contribution in [0, 0.1) is 0 Å². The molecule has 2 rings (SSSR count). The van der Waals surface area contributed by atoms with Crippen molar-refractivity contribution in [3.63, 3.8) is 0 Å². The van der Waals surface area contributed by atoms with Crippen molar-refractivity contribution < 1.29 is 9.59 Å². The summed E-state index contributed by atoms with van der Waals surface area (Å²) in [6.07, 6.45) is 0.872. The fraction of sp³-hybridized carbons (Fsp3) is 0.368. The summed E-state index contributed by atoms with van der Waals surface area (Å²) < 4.78 is 0. The van der Waals surface area contributed by atoms with Crippen molar-refractivity contribution in [2.75, 3.05) is 25.0 Å². The van der Waals surface area contributed by atoms with E-state index in [-0.39, 0.29) is 18.4 Å². The minimum atomic E-state index is -0.533. The third-order valence-corrected chi connectivity index (χ3v) is 3.87. The van der Waals surface area contributed by atoms with Gasteiger partial charge in [0, 0.05) is 19.3 Å². The average molecular weight is 327 g/mol. The van der Waals surface area contributed by atoms with Crippen molar-refractivity contribution in [3.05, 3.63) is 42.5 Å². The van der Waals surface area contributed by atoms with Crippen molar-refractivity contribution >= 4 is 28.3 Å². The molecule has 0 saturated carbocycles. The van der Waals surface area contributed by atoms with E-state index >= 15 is 0 Å². The molecule has 0 aromatic heterocycles. The second kappa shape index (κ2) is 8.34. The molecule has 2 N–H and O–H groups in total. The van der Waals surface area contributed by atoms with Crippen molar-refractivity contribution in [3.8, 4) is 0 Å². The van der Waals surface area contributed by atoms with Gasteiger partial charge in [0.25, 0.3) is 0 Å². The predicted octanol–water partition coefficient (Wildman–Crippen LogP) is 2.31. The Hall–Kier alpha value is -2.56. The number of anilines is 1. The molecule has 0 saturated heterocycles. The monoisotopic (exact) mass is 327 g/mol. The molecule has 0 bridgehead atoms. The molecule has 5 nitrogen and oxygen atoms in total. The number of hydrogen-bond acceptors (Lipinski definition) is 3. The van der Waals surface area contributed by atoms with Crippen LogP contribution in [0.5, 0.6) is 0 Å². The Bertz CT molecular complexity index is 715. The molecule has 0 fully saturated rings. The number of fused-ring (bicyclic) bond motifs is 1. The first-order valence-electron chi connectivity index (χ1n) is 8.28. The topological polar surface area (TPSA) is 61.4 Å². The maximum atomic E-state index is 12.1. The zero-order valence-corrected chi connectivity index (χ0v) is 14.5. The predicted molar refractivity (Wildman–Crippen MR) is 98.1 cm³/mol. The number of rotatable bonds is 7. The van der Waals surface area contributed by atoms with Gasteiger partial charge in [-0.25, -0.2) is 0 Å². The molecular weight excluding hydrogens is 302 g/mol. The molecular formula is C19H25N3O2. The van der Waals surface area contributed by atoms with Crippen LogP contribution >= 0.6 is 0 Å². The SMILES string of the molecule is CCCNC(=O)[C@@H](C)NC(=O)CN(C)c1ccc2ccccc2c1. The van der Waals surface area contributed by atoms with Crippen LogP contribution in [0.3, 0.4) is 0 Å².